The second kappa shape index (κ2) is 7.59. The van der Waals surface area contributed by atoms with E-state index in [1.165, 1.54) is 19.4 Å². The smallest absolute Gasteiger partial charge is 0.264 e. The van der Waals surface area contributed by atoms with Crippen LogP contribution in [0.5, 0.6) is 5.75 Å². The lowest BCUT2D eigenvalue weighted by Crippen LogP contribution is -2.20. The number of rotatable bonds is 6. The molecule has 28 heavy (non-hydrogen) atoms. The predicted molar refractivity (Wildman–Crippen MR) is 103 cm³/mol. The quantitative estimate of drug-likeness (QED) is 0.601. The maximum absolute atomic E-state index is 13.6. The molecular formula is C18H18ClF2N5O2. The molecule has 0 aliphatic carbocycles. The number of pyridine rings is 1. The topological polar surface area (TPSA) is 81.1 Å². The van der Waals surface area contributed by atoms with Crippen molar-refractivity contribution >= 4 is 39.8 Å². The third-order valence-corrected chi connectivity index (χ3v) is 4.09. The number of ether oxygens (including phenoxy) is 1. The lowest BCUT2D eigenvalue weighted by atomic mass is 10.1. The molecule has 148 valence electrons. The summed E-state index contributed by atoms with van der Waals surface area (Å²) in [5, 5.41) is 9.45. The highest BCUT2D eigenvalue weighted by molar-refractivity contribution is 6.29. The minimum absolute atomic E-state index is 0.0450. The van der Waals surface area contributed by atoms with Crippen molar-refractivity contribution in [2.75, 3.05) is 19.4 Å². The van der Waals surface area contributed by atoms with E-state index in [1.54, 1.807) is 12.1 Å². The van der Waals surface area contributed by atoms with E-state index < -0.39 is 25.4 Å². The average Bonchev–Trinajstić information content (AvgIpc) is 3.01. The molecule has 0 aliphatic rings. The second-order valence-corrected chi connectivity index (χ2v) is 6.48. The van der Waals surface area contributed by atoms with Crippen LogP contribution in [0.25, 0.3) is 10.9 Å². The molecule has 0 radical (unpaired) electrons. The fourth-order valence-electron chi connectivity index (χ4n) is 2.76. The van der Waals surface area contributed by atoms with Crippen LogP contribution < -0.4 is 15.4 Å². The Morgan fingerprint density at radius 2 is 2.18 bits per heavy atom. The number of nitrogens with one attached hydrogen (secondary N) is 2. The Morgan fingerprint density at radius 1 is 1.39 bits per heavy atom. The number of methoxy groups -OCH3 is 1. The first-order valence-corrected chi connectivity index (χ1v) is 8.41. The largest absolute Gasteiger partial charge is 0.492 e. The highest BCUT2D eigenvalue weighted by Crippen LogP contribution is 2.37. The van der Waals surface area contributed by atoms with Gasteiger partial charge in [0.25, 0.3) is 11.8 Å². The van der Waals surface area contributed by atoms with Crippen molar-refractivity contribution in [3.63, 3.8) is 0 Å². The van der Waals surface area contributed by atoms with Crippen LogP contribution >= 0.6 is 11.6 Å². The number of amides is 1. The Morgan fingerprint density at radius 3 is 2.86 bits per heavy atom. The monoisotopic (exact) mass is 412 g/mol. The van der Waals surface area contributed by atoms with Crippen LogP contribution in [0.3, 0.4) is 0 Å². The molecule has 0 saturated heterocycles. The van der Waals surface area contributed by atoms with Crippen LogP contribution in [0.15, 0.2) is 30.6 Å². The summed E-state index contributed by atoms with van der Waals surface area (Å²) in [4.78, 5) is 16.2. The number of fused-ring (bicyclic) bond motifs is 1. The fraction of sp³-hybridized carbons (Fsp3) is 0.278. The number of carbonyl (C=O) groups is 1. The Bertz CT molecular complexity index is 1130. The highest BCUT2D eigenvalue weighted by atomic mass is 35.5. The van der Waals surface area contributed by atoms with Crippen LogP contribution in [0.1, 0.15) is 21.4 Å². The first-order chi connectivity index (χ1) is 14.4. The SMILES string of the molecule is [2H]C([2H])([2H])NC(=O)c1cnc(Cl)cc1Nc1ccc2cnn(CC(C)(F)F)c2c1OC. The normalized spacial score (nSPS) is 13.5. The number of aromatic nitrogens is 3. The Hall–Kier alpha value is -2.94. The lowest BCUT2D eigenvalue weighted by molar-refractivity contribution is 0.00175. The van der Waals surface area contributed by atoms with Gasteiger partial charge in [-0.05, 0) is 18.2 Å². The number of benzene rings is 1. The van der Waals surface area contributed by atoms with E-state index in [4.69, 9.17) is 20.5 Å². The van der Waals surface area contributed by atoms with E-state index in [-0.39, 0.29) is 22.2 Å². The van der Waals surface area contributed by atoms with E-state index in [9.17, 15) is 13.6 Å². The number of alkyl halides is 2. The summed E-state index contributed by atoms with van der Waals surface area (Å²) in [7, 11) is 1.36. The van der Waals surface area contributed by atoms with Crippen molar-refractivity contribution in [1.82, 2.24) is 20.1 Å². The third kappa shape index (κ3) is 3.99. The number of hydrogen-bond donors (Lipinski definition) is 2. The molecule has 0 bridgehead atoms. The third-order valence-electron chi connectivity index (χ3n) is 3.89. The van der Waals surface area contributed by atoms with Gasteiger partial charge < -0.3 is 15.4 Å². The second-order valence-electron chi connectivity index (χ2n) is 6.09. The first kappa shape index (κ1) is 16.1. The number of nitrogens with zero attached hydrogens (tertiary/aromatic N) is 3. The summed E-state index contributed by atoms with van der Waals surface area (Å²) in [6.45, 7) is -2.59. The Kier molecular flexibility index (Phi) is 4.35. The van der Waals surface area contributed by atoms with Crippen molar-refractivity contribution in [2.45, 2.75) is 19.4 Å². The number of halogens is 3. The van der Waals surface area contributed by atoms with Gasteiger partial charge in [0.2, 0.25) is 0 Å². The summed E-state index contributed by atoms with van der Waals surface area (Å²) in [6.07, 6.45) is 2.56. The molecule has 10 heteroatoms. The van der Waals surface area contributed by atoms with Gasteiger partial charge in [0.15, 0.2) is 5.75 Å². The molecule has 1 aromatic carbocycles. The van der Waals surface area contributed by atoms with Gasteiger partial charge in [-0.2, -0.15) is 5.10 Å². The Labute approximate surface area is 168 Å². The molecule has 2 N–H and O–H groups in total. The van der Waals surface area contributed by atoms with Crippen LogP contribution in [0.2, 0.25) is 5.15 Å². The molecule has 0 unspecified atom stereocenters. The zero-order valence-corrected chi connectivity index (χ0v) is 15.6. The number of carbonyl (C=O) groups excluding carboxylic acids is 1. The van der Waals surface area contributed by atoms with Crippen LogP contribution in [-0.4, -0.2) is 40.7 Å². The maximum Gasteiger partial charge on any atom is 0.264 e. The number of hydrogen-bond acceptors (Lipinski definition) is 5. The Balaban J connectivity index is 2.07. The van der Waals surface area contributed by atoms with E-state index >= 15 is 0 Å². The van der Waals surface area contributed by atoms with E-state index in [2.05, 4.69) is 15.4 Å². The van der Waals surface area contributed by atoms with Gasteiger partial charge >= 0.3 is 0 Å². The molecule has 3 rings (SSSR count). The summed E-state index contributed by atoms with van der Waals surface area (Å²) in [6, 6.07) is 4.58. The summed E-state index contributed by atoms with van der Waals surface area (Å²) < 4.78 is 55.4. The molecule has 3 aromatic rings. The van der Waals surface area contributed by atoms with E-state index in [1.807, 2.05) is 5.32 Å². The average molecular weight is 413 g/mol. The highest BCUT2D eigenvalue weighted by Gasteiger charge is 2.25. The lowest BCUT2D eigenvalue weighted by Gasteiger charge is -2.17. The van der Waals surface area contributed by atoms with Gasteiger partial charge in [-0.15, -0.1) is 0 Å². The maximum atomic E-state index is 13.6. The van der Waals surface area contributed by atoms with Gasteiger partial charge in [0.1, 0.15) is 17.2 Å². The zero-order valence-electron chi connectivity index (χ0n) is 17.9. The fourth-order valence-corrected chi connectivity index (χ4v) is 2.92. The van der Waals surface area contributed by atoms with E-state index in [0.29, 0.717) is 16.6 Å². The van der Waals surface area contributed by atoms with Crippen molar-refractivity contribution in [3.05, 3.63) is 41.3 Å². The molecule has 0 fully saturated rings. The molecule has 0 aliphatic heterocycles. The molecular weight excluding hydrogens is 392 g/mol. The van der Waals surface area contributed by atoms with Gasteiger partial charge in [-0.25, -0.2) is 13.8 Å². The molecule has 1 amide bonds. The minimum atomic E-state index is -3.01. The summed E-state index contributed by atoms with van der Waals surface area (Å²) in [5.74, 6) is -3.70. The standard InChI is InChI=1S/C18H18ClF2N5O2/c1-18(20,21)9-26-15-10(7-24-26)4-5-12(16(15)28-3)25-13-6-14(19)23-8-11(13)17(27)22-2/h4-8H,9H2,1-3H3,(H,22,27)(H,23,25)/i2D3. The van der Waals surface area contributed by atoms with Gasteiger partial charge in [0, 0.05) is 29.6 Å². The van der Waals surface area contributed by atoms with Crippen LogP contribution in [-0.2, 0) is 6.54 Å². The van der Waals surface area contributed by atoms with Crippen molar-refractivity contribution in [1.29, 1.82) is 0 Å². The molecule has 2 aromatic heterocycles. The van der Waals surface area contributed by atoms with Crippen LogP contribution in [0, 0.1) is 0 Å². The predicted octanol–water partition coefficient (Wildman–Crippen LogP) is 3.85. The van der Waals surface area contributed by atoms with Crippen molar-refractivity contribution < 1.29 is 22.4 Å². The van der Waals surface area contributed by atoms with E-state index in [0.717, 1.165) is 17.8 Å². The van der Waals surface area contributed by atoms with Gasteiger partial charge in [-0.1, -0.05) is 11.6 Å². The van der Waals surface area contributed by atoms with Gasteiger partial charge in [-0.3, -0.25) is 9.48 Å². The molecule has 7 nitrogen and oxygen atoms in total. The van der Waals surface area contributed by atoms with Crippen LogP contribution in [0.4, 0.5) is 20.2 Å². The van der Waals surface area contributed by atoms with Crippen molar-refractivity contribution in [3.8, 4) is 5.75 Å². The summed E-state index contributed by atoms with van der Waals surface area (Å²) in [5.41, 5.74) is 0.701. The summed E-state index contributed by atoms with van der Waals surface area (Å²) >= 11 is 5.95. The molecule has 0 spiro atoms. The first-order valence-electron chi connectivity index (χ1n) is 9.53. The molecule has 2 heterocycles. The molecule has 0 saturated carbocycles. The zero-order chi connectivity index (χ0) is 23.0. The number of anilines is 2. The molecule has 0 atom stereocenters. The minimum Gasteiger partial charge on any atom is -0.492 e. The van der Waals surface area contributed by atoms with Crippen molar-refractivity contribution in [2.24, 2.45) is 0 Å². The van der Waals surface area contributed by atoms with Gasteiger partial charge in [0.05, 0.1) is 30.2 Å².